The van der Waals surface area contributed by atoms with Gasteiger partial charge in [0.1, 0.15) is 36.9 Å². The van der Waals surface area contributed by atoms with E-state index in [2.05, 4.69) is 9.97 Å². The summed E-state index contributed by atoms with van der Waals surface area (Å²) in [6.45, 7) is -0.636. The third kappa shape index (κ3) is 2.03. The lowest BCUT2D eigenvalue weighted by atomic mass is 9.84. The highest BCUT2D eigenvalue weighted by Crippen LogP contribution is 2.41. The summed E-state index contributed by atoms with van der Waals surface area (Å²) < 4.78 is 9.50. The van der Waals surface area contributed by atoms with Crippen molar-refractivity contribution >= 4 is 17.8 Å². The number of aliphatic hydroxyl groups is 2. The normalized spacial score (nSPS) is 18.2. The highest BCUT2D eigenvalue weighted by atomic mass is 16.6. The molecule has 2 aliphatic rings. The predicted octanol–water partition coefficient (Wildman–Crippen LogP) is -0.120. The van der Waals surface area contributed by atoms with Crippen LogP contribution in [0.3, 0.4) is 0 Å². The van der Waals surface area contributed by atoms with E-state index >= 15 is 0 Å². The molecule has 4 N–H and O–H groups in total. The quantitative estimate of drug-likeness (QED) is 0.650. The molecule has 22 heavy (non-hydrogen) atoms. The lowest BCUT2D eigenvalue weighted by molar-refractivity contribution is -0.136. The minimum Gasteiger partial charge on any atom is -0.508 e. The maximum absolute atomic E-state index is 11.9. The Morgan fingerprint density at radius 3 is 2.05 bits per heavy atom. The number of carbonyl (C=O) groups is 2. The highest BCUT2D eigenvalue weighted by Gasteiger charge is 2.42. The second-order valence-electron chi connectivity index (χ2n) is 4.67. The van der Waals surface area contributed by atoms with Crippen molar-refractivity contribution in [3.05, 3.63) is 40.8 Å². The average Bonchev–Trinajstić information content (AvgIpc) is 2.99. The predicted molar refractivity (Wildman–Crippen MR) is 70.4 cm³/mol. The summed E-state index contributed by atoms with van der Waals surface area (Å²) in [7, 11) is 0. The van der Waals surface area contributed by atoms with Gasteiger partial charge < -0.3 is 25.4 Å². The Balaban J connectivity index is 2.23. The van der Waals surface area contributed by atoms with Crippen molar-refractivity contribution in [3.63, 3.8) is 0 Å². The molecule has 2 aliphatic heterocycles. The standard InChI is InChI=1S/C13H11N3O6/c14-11-5(1-15-4-16-11)8(9-6(17)2-21-12(9)19)10-7(18)3-22-13(10)20/h1,4,8,17-18H,2-3H2,(H2,14,15,16). The van der Waals surface area contributed by atoms with E-state index < -0.39 is 17.9 Å². The summed E-state index contributed by atoms with van der Waals surface area (Å²) in [4.78, 5) is 31.4. The average molecular weight is 305 g/mol. The molecule has 0 radical (unpaired) electrons. The van der Waals surface area contributed by atoms with Crippen molar-refractivity contribution in [2.75, 3.05) is 18.9 Å². The Bertz CT molecular complexity index is 699. The lowest BCUT2D eigenvalue weighted by Gasteiger charge is -2.17. The van der Waals surface area contributed by atoms with Crippen LogP contribution >= 0.6 is 0 Å². The Morgan fingerprint density at radius 1 is 1.09 bits per heavy atom. The number of aliphatic hydroxyl groups excluding tert-OH is 2. The molecule has 9 heteroatoms. The van der Waals surface area contributed by atoms with Crippen LogP contribution in [0.25, 0.3) is 0 Å². The van der Waals surface area contributed by atoms with Crippen molar-refractivity contribution in [1.82, 2.24) is 9.97 Å². The molecule has 3 rings (SSSR count). The van der Waals surface area contributed by atoms with Gasteiger partial charge in [-0.1, -0.05) is 0 Å². The van der Waals surface area contributed by atoms with Gasteiger partial charge in [-0.2, -0.15) is 0 Å². The van der Waals surface area contributed by atoms with E-state index in [1.54, 1.807) is 0 Å². The molecule has 0 fully saturated rings. The number of hydrogen-bond donors (Lipinski definition) is 3. The van der Waals surface area contributed by atoms with E-state index in [1.165, 1.54) is 12.5 Å². The number of anilines is 1. The number of ether oxygens (including phenoxy) is 2. The first-order valence-corrected chi connectivity index (χ1v) is 6.24. The van der Waals surface area contributed by atoms with Crippen molar-refractivity contribution in [1.29, 1.82) is 0 Å². The molecule has 1 aromatic rings. The van der Waals surface area contributed by atoms with Gasteiger partial charge in [0.2, 0.25) is 0 Å². The Labute approximate surface area is 123 Å². The van der Waals surface area contributed by atoms with Crippen LogP contribution in [0.1, 0.15) is 11.5 Å². The topological polar surface area (TPSA) is 145 Å². The maximum Gasteiger partial charge on any atom is 0.338 e. The SMILES string of the molecule is Nc1ncncc1C(C1=C(O)COC1=O)C1=C(O)COC1=O. The van der Waals surface area contributed by atoms with Crippen LogP contribution in [-0.4, -0.2) is 45.3 Å². The first kappa shape index (κ1) is 13.9. The molecule has 3 heterocycles. The molecule has 0 saturated heterocycles. The molecular weight excluding hydrogens is 294 g/mol. The molecule has 0 saturated carbocycles. The van der Waals surface area contributed by atoms with E-state index in [9.17, 15) is 19.8 Å². The Kier molecular flexibility index (Phi) is 3.17. The first-order valence-electron chi connectivity index (χ1n) is 6.24. The summed E-state index contributed by atoms with van der Waals surface area (Å²) in [6, 6.07) is 0. The van der Waals surface area contributed by atoms with Gasteiger partial charge in [-0.3, -0.25) is 0 Å². The zero-order valence-electron chi connectivity index (χ0n) is 11.1. The Hall–Kier alpha value is -3.10. The van der Waals surface area contributed by atoms with Crippen LogP contribution in [0.5, 0.6) is 0 Å². The molecule has 0 unspecified atom stereocenters. The molecule has 9 nitrogen and oxygen atoms in total. The third-order valence-electron chi connectivity index (χ3n) is 3.40. The Morgan fingerprint density at radius 2 is 1.64 bits per heavy atom. The van der Waals surface area contributed by atoms with Gasteiger partial charge in [-0.05, 0) is 0 Å². The van der Waals surface area contributed by atoms with Crippen LogP contribution in [0.2, 0.25) is 0 Å². The second-order valence-corrected chi connectivity index (χ2v) is 4.67. The number of hydrogen-bond acceptors (Lipinski definition) is 9. The third-order valence-corrected chi connectivity index (χ3v) is 3.40. The first-order chi connectivity index (χ1) is 10.5. The van der Waals surface area contributed by atoms with Crippen molar-refractivity contribution in [2.45, 2.75) is 5.92 Å². The van der Waals surface area contributed by atoms with Crippen molar-refractivity contribution in [3.8, 4) is 0 Å². The fourth-order valence-electron chi connectivity index (χ4n) is 2.41. The summed E-state index contributed by atoms with van der Waals surface area (Å²) in [5.74, 6) is -3.49. The van der Waals surface area contributed by atoms with E-state index in [0.29, 0.717) is 0 Å². The van der Waals surface area contributed by atoms with Gasteiger partial charge >= 0.3 is 11.9 Å². The van der Waals surface area contributed by atoms with Crippen LogP contribution < -0.4 is 5.73 Å². The van der Waals surface area contributed by atoms with Gasteiger partial charge in [0.05, 0.1) is 17.1 Å². The maximum atomic E-state index is 11.9. The summed E-state index contributed by atoms with van der Waals surface area (Å²) in [5.41, 5.74) is 5.57. The van der Waals surface area contributed by atoms with Crippen LogP contribution in [0.4, 0.5) is 5.82 Å². The smallest absolute Gasteiger partial charge is 0.338 e. The minimum atomic E-state index is -1.16. The molecule has 114 valence electrons. The zero-order chi connectivity index (χ0) is 15.9. The second kappa shape index (κ2) is 5.02. The molecule has 0 spiro atoms. The van der Waals surface area contributed by atoms with E-state index in [-0.39, 0.29) is 47.3 Å². The molecule has 0 aromatic carbocycles. The van der Waals surface area contributed by atoms with E-state index in [1.807, 2.05) is 0 Å². The monoisotopic (exact) mass is 305 g/mol. The fourth-order valence-corrected chi connectivity index (χ4v) is 2.41. The number of esters is 2. The van der Waals surface area contributed by atoms with Gasteiger partial charge in [-0.25, -0.2) is 19.6 Å². The summed E-state index contributed by atoms with van der Waals surface area (Å²) in [6.07, 6.45) is 2.49. The fraction of sp³-hybridized carbons (Fsp3) is 0.231. The number of nitrogens with zero attached hydrogens (tertiary/aromatic N) is 2. The van der Waals surface area contributed by atoms with Crippen molar-refractivity contribution < 1.29 is 29.3 Å². The molecule has 0 aliphatic carbocycles. The molecule has 0 bridgehead atoms. The van der Waals surface area contributed by atoms with Crippen LogP contribution in [0, 0.1) is 0 Å². The molecule has 0 atom stereocenters. The van der Waals surface area contributed by atoms with Crippen molar-refractivity contribution in [2.24, 2.45) is 0 Å². The van der Waals surface area contributed by atoms with Gasteiger partial charge in [0.15, 0.2) is 0 Å². The summed E-state index contributed by atoms with van der Waals surface area (Å²) >= 11 is 0. The van der Waals surface area contributed by atoms with E-state index in [0.717, 1.165) is 0 Å². The summed E-state index contributed by atoms with van der Waals surface area (Å²) in [5, 5.41) is 19.8. The van der Waals surface area contributed by atoms with E-state index in [4.69, 9.17) is 15.2 Å². The highest BCUT2D eigenvalue weighted by molar-refractivity contribution is 6.00. The number of nitrogen functional groups attached to an aromatic ring is 1. The molecular formula is C13H11N3O6. The lowest BCUT2D eigenvalue weighted by Crippen LogP contribution is -2.19. The number of rotatable bonds is 3. The van der Waals surface area contributed by atoms with Gasteiger partial charge in [0.25, 0.3) is 0 Å². The zero-order valence-corrected chi connectivity index (χ0v) is 11.1. The number of nitrogens with two attached hydrogens (primary N) is 1. The van der Waals surface area contributed by atoms with Crippen LogP contribution in [-0.2, 0) is 19.1 Å². The largest absolute Gasteiger partial charge is 0.508 e. The van der Waals surface area contributed by atoms with Gasteiger partial charge in [-0.15, -0.1) is 0 Å². The van der Waals surface area contributed by atoms with Gasteiger partial charge in [0, 0.05) is 11.8 Å². The van der Waals surface area contributed by atoms with Crippen LogP contribution in [0.15, 0.2) is 35.2 Å². The minimum absolute atomic E-state index is 0.000000000000000222. The number of cyclic esters (lactones) is 2. The molecule has 1 aromatic heterocycles. The number of carbonyl (C=O) groups excluding carboxylic acids is 2. The molecule has 0 amide bonds. The number of aromatic nitrogens is 2.